The molecule has 0 bridgehead atoms. The molecular formula is C14H17NO2. The molecule has 1 heterocycles. The van der Waals surface area contributed by atoms with E-state index in [9.17, 15) is 4.79 Å². The van der Waals surface area contributed by atoms with Crippen molar-refractivity contribution in [3.05, 3.63) is 35.9 Å². The Hall–Kier alpha value is -1.35. The van der Waals surface area contributed by atoms with Crippen LogP contribution in [0.4, 0.5) is 0 Å². The molecule has 2 aliphatic rings. The molecule has 1 saturated heterocycles. The molecular weight excluding hydrogens is 214 g/mol. The average molecular weight is 231 g/mol. The van der Waals surface area contributed by atoms with E-state index in [1.54, 1.807) is 0 Å². The van der Waals surface area contributed by atoms with Gasteiger partial charge in [0, 0.05) is 12.1 Å². The molecule has 3 nitrogen and oxygen atoms in total. The SMILES string of the molecule is O=C(c1ccccc1)N1CCOC2CCCC21. The lowest BCUT2D eigenvalue weighted by atomic mass is 10.1. The normalized spacial score (nSPS) is 27.9. The molecule has 1 aromatic rings. The first-order valence-corrected chi connectivity index (χ1v) is 6.34. The van der Waals surface area contributed by atoms with E-state index < -0.39 is 0 Å². The van der Waals surface area contributed by atoms with E-state index in [-0.39, 0.29) is 12.0 Å². The highest BCUT2D eigenvalue weighted by atomic mass is 16.5. The van der Waals surface area contributed by atoms with Gasteiger partial charge >= 0.3 is 0 Å². The Bertz CT molecular complexity index is 404. The summed E-state index contributed by atoms with van der Waals surface area (Å²) >= 11 is 0. The number of hydrogen-bond acceptors (Lipinski definition) is 2. The van der Waals surface area contributed by atoms with Crippen molar-refractivity contribution < 1.29 is 9.53 Å². The molecule has 2 fully saturated rings. The van der Waals surface area contributed by atoms with E-state index in [0.717, 1.165) is 24.9 Å². The van der Waals surface area contributed by atoms with Gasteiger partial charge < -0.3 is 9.64 Å². The Morgan fingerprint density at radius 3 is 2.88 bits per heavy atom. The number of rotatable bonds is 1. The highest BCUT2D eigenvalue weighted by Gasteiger charge is 2.38. The monoisotopic (exact) mass is 231 g/mol. The second-order valence-electron chi connectivity index (χ2n) is 4.77. The Morgan fingerprint density at radius 1 is 1.24 bits per heavy atom. The molecule has 90 valence electrons. The highest BCUT2D eigenvalue weighted by molar-refractivity contribution is 5.94. The predicted octanol–water partition coefficient (Wildman–Crippen LogP) is 2.08. The first kappa shape index (κ1) is 10.8. The second kappa shape index (κ2) is 4.49. The Balaban J connectivity index is 1.81. The highest BCUT2D eigenvalue weighted by Crippen LogP contribution is 2.30. The van der Waals surface area contributed by atoms with Gasteiger partial charge in [-0.1, -0.05) is 18.2 Å². The van der Waals surface area contributed by atoms with E-state index in [4.69, 9.17) is 4.74 Å². The van der Waals surface area contributed by atoms with Gasteiger partial charge in [0.05, 0.1) is 18.8 Å². The molecule has 2 atom stereocenters. The molecule has 0 spiro atoms. The number of morpholine rings is 1. The van der Waals surface area contributed by atoms with Crippen molar-refractivity contribution in [2.75, 3.05) is 13.2 Å². The van der Waals surface area contributed by atoms with Crippen LogP contribution in [0.2, 0.25) is 0 Å². The van der Waals surface area contributed by atoms with Crippen LogP contribution in [0.5, 0.6) is 0 Å². The number of fused-ring (bicyclic) bond motifs is 1. The Kier molecular flexibility index (Phi) is 2.85. The van der Waals surface area contributed by atoms with Gasteiger partial charge in [-0.25, -0.2) is 0 Å². The number of amides is 1. The van der Waals surface area contributed by atoms with Crippen molar-refractivity contribution in [3.8, 4) is 0 Å². The molecule has 1 saturated carbocycles. The maximum Gasteiger partial charge on any atom is 0.254 e. The third kappa shape index (κ3) is 1.95. The van der Waals surface area contributed by atoms with Crippen molar-refractivity contribution >= 4 is 5.91 Å². The van der Waals surface area contributed by atoms with Gasteiger partial charge in [-0.05, 0) is 31.4 Å². The van der Waals surface area contributed by atoms with Gasteiger partial charge in [0.25, 0.3) is 5.91 Å². The molecule has 3 heteroatoms. The van der Waals surface area contributed by atoms with Crippen LogP contribution in [0, 0.1) is 0 Å². The van der Waals surface area contributed by atoms with Crippen LogP contribution in [-0.4, -0.2) is 36.1 Å². The number of benzene rings is 1. The summed E-state index contributed by atoms with van der Waals surface area (Å²) in [6, 6.07) is 9.86. The molecule has 1 aliphatic heterocycles. The quantitative estimate of drug-likeness (QED) is 0.740. The van der Waals surface area contributed by atoms with Crippen molar-refractivity contribution in [2.24, 2.45) is 0 Å². The third-order valence-electron chi connectivity index (χ3n) is 3.76. The fraction of sp³-hybridized carbons (Fsp3) is 0.500. The summed E-state index contributed by atoms with van der Waals surface area (Å²) in [5.74, 6) is 0.158. The van der Waals surface area contributed by atoms with Gasteiger partial charge in [0.15, 0.2) is 0 Å². The van der Waals surface area contributed by atoms with E-state index >= 15 is 0 Å². The van der Waals surface area contributed by atoms with Gasteiger partial charge in [-0.15, -0.1) is 0 Å². The van der Waals surface area contributed by atoms with Crippen molar-refractivity contribution in [3.63, 3.8) is 0 Å². The summed E-state index contributed by atoms with van der Waals surface area (Å²) in [4.78, 5) is 14.4. The Labute approximate surface area is 101 Å². The van der Waals surface area contributed by atoms with Crippen LogP contribution in [-0.2, 0) is 4.74 Å². The first-order chi connectivity index (χ1) is 8.36. The van der Waals surface area contributed by atoms with E-state index in [2.05, 4.69) is 0 Å². The summed E-state index contributed by atoms with van der Waals surface area (Å²) in [5.41, 5.74) is 0.792. The summed E-state index contributed by atoms with van der Waals surface area (Å²) in [5, 5.41) is 0. The van der Waals surface area contributed by atoms with Gasteiger partial charge in [-0.2, -0.15) is 0 Å². The molecule has 1 aliphatic carbocycles. The molecule has 0 radical (unpaired) electrons. The maximum atomic E-state index is 12.4. The zero-order chi connectivity index (χ0) is 11.7. The number of nitrogens with zero attached hydrogens (tertiary/aromatic N) is 1. The average Bonchev–Trinajstić information content (AvgIpc) is 2.87. The maximum absolute atomic E-state index is 12.4. The summed E-state index contributed by atoms with van der Waals surface area (Å²) in [7, 11) is 0. The molecule has 0 aromatic heterocycles. The zero-order valence-corrected chi connectivity index (χ0v) is 9.84. The topological polar surface area (TPSA) is 29.5 Å². The lowest BCUT2D eigenvalue weighted by Crippen LogP contribution is -2.51. The Morgan fingerprint density at radius 2 is 2.06 bits per heavy atom. The van der Waals surface area contributed by atoms with Crippen molar-refractivity contribution in [1.29, 1.82) is 0 Å². The lowest BCUT2D eigenvalue weighted by molar-refractivity contribution is -0.0445. The molecule has 2 unspecified atom stereocenters. The molecule has 0 N–H and O–H groups in total. The summed E-state index contributed by atoms with van der Waals surface area (Å²) in [6.45, 7) is 1.41. The number of hydrogen-bond donors (Lipinski definition) is 0. The molecule has 3 rings (SSSR count). The van der Waals surface area contributed by atoms with Gasteiger partial charge in [-0.3, -0.25) is 4.79 Å². The van der Waals surface area contributed by atoms with Gasteiger partial charge in [0.2, 0.25) is 0 Å². The van der Waals surface area contributed by atoms with Crippen LogP contribution in [0.3, 0.4) is 0 Å². The zero-order valence-electron chi connectivity index (χ0n) is 9.84. The lowest BCUT2D eigenvalue weighted by Gasteiger charge is -2.37. The smallest absolute Gasteiger partial charge is 0.254 e. The first-order valence-electron chi connectivity index (χ1n) is 6.34. The van der Waals surface area contributed by atoms with Crippen LogP contribution in [0.1, 0.15) is 29.6 Å². The van der Waals surface area contributed by atoms with Crippen LogP contribution in [0.25, 0.3) is 0 Å². The number of carbonyl (C=O) groups excluding carboxylic acids is 1. The third-order valence-corrected chi connectivity index (χ3v) is 3.76. The summed E-state index contributed by atoms with van der Waals surface area (Å²) in [6.07, 6.45) is 3.64. The molecule has 1 amide bonds. The van der Waals surface area contributed by atoms with Crippen molar-refractivity contribution in [1.82, 2.24) is 4.90 Å². The largest absolute Gasteiger partial charge is 0.374 e. The van der Waals surface area contributed by atoms with E-state index in [0.29, 0.717) is 12.6 Å². The minimum Gasteiger partial charge on any atom is -0.374 e. The van der Waals surface area contributed by atoms with E-state index in [1.165, 1.54) is 6.42 Å². The standard InChI is InChI=1S/C14H17NO2/c16-14(11-5-2-1-3-6-11)15-9-10-17-13-8-4-7-12(13)15/h1-3,5-6,12-13H,4,7-10H2. The number of ether oxygens (including phenoxy) is 1. The minimum absolute atomic E-state index is 0.158. The van der Waals surface area contributed by atoms with Crippen LogP contribution >= 0.6 is 0 Å². The predicted molar refractivity (Wildman–Crippen MR) is 64.9 cm³/mol. The summed E-state index contributed by atoms with van der Waals surface area (Å²) < 4.78 is 5.72. The number of carbonyl (C=O) groups is 1. The van der Waals surface area contributed by atoms with E-state index in [1.807, 2.05) is 35.2 Å². The molecule has 1 aromatic carbocycles. The second-order valence-corrected chi connectivity index (χ2v) is 4.77. The fourth-order valence-corrected chi connectivity index (χ4v) is 2.92. The minimum atomic E-state index is 0.158. The van der Waals surface area contributed by atoms with Crippen molar-refractivity contribution in [2.45, 2.75) is 31.4 Å². The van der Waals surface area contributed by atoms with Gasteiger partial charge in [0.1, 0.15) is 0 Å². The fourth-order valence-electron chi connectivity index (χ4n) is 2.92. The van der Waals surface area contributed by atoms with Crippen LogP contribution in [0.15, 0.2) is 30.3 Å². The molecule has 17 heavy (non-hydrogen) atoms. The van der Waals surface area contributed by atoms with Crippen LogP contribution < -0.4 is 0 Å².